The molecule has 0 aliphatic heterocycles. The van der Waals surface area contributed by atoms with Crippen LogP contribution in [0.4, 0.5) is 0 Å². The van der Waals surface area contributed by atoms with Gasteiger partial charge >= 0.3 is 46.7 Å². The largest absolute Gasteiger partial charge is 2.00 e. The summed E-state index contributed by atoms with van der Waals surface area (Å²) >= 11 is 0. The molecule has 6 heteroatoms. The topological polar surface area (TPSA) is 0 Å². The first-order valence-corrected chi connectivity index (χ1v) is 0. The first-order chi connectivity index (χ1) is 0. The first-order valence-electron chi connectivity index (χ1n) is 0. The van der Waals surface area contributed by atoms with E-state index in [1.54, 1.807) is 0 Å². The standard InChI is InChI=1S/Be.Mn.3Se.Zn/q2*+2;3*-2;+2. The molecule has 0 unspecified atom stereocenters. The SMILES string of the molecule is [Be+2].[Mn+2].[Se-2].[Se-2].[Se-2].[Zn+2]. The summed E-state index contributed by atoms with van der Waals surface area (Å²) in [5.41, 5.74) is 0. The second-order valence-corrected chi connectivity index (χ2v) is 0. The molecule has 6 heavy (non-hydrogen) atoms. The molecule has 0 fully saturated rings. The second kappa shape index (κ2) is 45.1. The maximum absolute atomic E-state index is 0. The maximum Gasteiger partial charge on any atom is 2.00 e. The van der Waals surface area contributed by atoms with Gasteiger partial charge in [-0.1, -0.05) is 0 Å². The van der Waals surface area contributed by atoms with Crippen LogP contribution in [0.25, 0.3) is 0 Å². The van der Waals surface area contributed by atoms with E-state index >= 15 is 0 Å². The van der Waals surface area contributed by atoms with E-state index in [0.29, 0.717) is 0 Å². The van der Waals surface area contributed by atoms with E-state index in [1.165, 1.54) is 0 Å². The van der Waals surface area contributed by atoms with Crippen LogP contribution in [-0.4, -0.2) is 61.3 Å². The minimum atomic E-state index is 0. The zero-order valence-electron chi connectivity index (χ0n) is 3.02. The van der Waals surface area contributed by atoms with Crippen molar-refractivity contribution in [3.8, 4) is 0 Å². The van der Waals surface area contributed by atoms with Crippen molar-refractivity contribution in [2.45, 2.75) is 0 Å². The molecule has 29 valence electrons. The third-order valence-corrected chi connectivity index (χ3v) is 0. The third-order valence-electron chi connectivity index (χ3n) is 0. The molecule has 0 heterocycles. The Morgan fingerprint density at radius 1 is 0.667 bits per heavy atom. The quantitative estimate of drug-likeness (QED) is 0.457. The van der Waals surface area contributed by atoms with E-state index in [1.807, 2.05) is 0 Å². The summed E-state index contributed by atoms with van der Waals surface area (Å²) < 4.78 is 0. The molecule has 0 atom stereocenters. The monoisotopic (exact) mass is 368 g/mol. The maximum atomic E-state index is 0. The molecule has 0 rings (SSSR count). The Balaban J connectivity index is 0. The summed E-state index contributed by atoms with van der Waals surface area (Å²) in [4.78, 5) is 0. The summed E-state index contributed by atoms with van der Waals surface area (Å²) in [6.45, 7) is 0. The fourth-order valence-electron chi connectivity index (χ4n) is 0. The van der Waals surface area contributed by atoms with Gasteiger partial charge in [0.05, 0.1) is 0 Å². The van der Waals surface area contributed by atoms with Crippen LogP contribution < -0.4 is 0 Å². The minimum Gasteiger partial charge on any atom is -2.00 e. The van der Waals surface area contributed by atoms with E-state index in [2.05, 4.69) is 0 Å². The smallest absolute Gasteiger partial charge is 2.00 e. The van der Waals surface area contributed by atoms with Gasteiger partial charge in [-0.3, -0.25) is 0 Å². The van der Waals surface area contributed by atoms with Crippen molar-refractivity contribution in [3.63, 3.8) is 0 Å². The van der Waals surface area contributed by atoms with E-state index in [4.69, 9.17) is 0 Å². The van der Waals surface area contributed by atoms with E-state index in [0.717, 1.165) is 0 Å². The van der Waals surface area contributed by atoms with Gasteiger partial charge in [-0.15, -0.1) is 0 Å². The average molecular weight is 366 g/mol. The fraction of sp³-hybridized carbons (Fsp3) is 0. The Morgan fingerprint density at radius 2 is 0.667 bits per heavy atom. The Hall–Kier alpha value is 2.87. The van der Waals surface area contributed by atoms with Gasteiger partial charge in [-0.25, -0.2) is 0 Å². The molecule has 0 saturated carbocycles. The Labute approximate surface area is 96.6 Å². The zero-order valence-corrected chi connectivity index (χ0v) is 12.3. The van der Waals surface area contributed by atoms with Gasteiger partial charge in [-0.2, -0.15) is 0 Å². The predicted molar refractivity (Wildman–Crippen MR) is 23.0 cm³/mol. The number of rotatable bonds is 0. The Morgan fingerprint density at radius 3 is 0.667 bits per heavy atom. The molecule has 1 radical (unpaired) electrons. The van der Waals surface area contributed by atoms with Crippen LogP contribution in [0.3, 0.4) is 0 Å². The zero-order chi connectivity index (χ0) is 0. The molecular formula is BeMnSe3Zn. The summed E-state index contributed by atoms with van der Waals surface area (Å²) in [5, 5.41) is 0. The second-order valence-electron chi connectivity index (χ2n) is 0. The van der Waals surface area contributed by atoms with Crippen molar-refractivity contribution in [2.75, 3.05) is 0 Å². The number of hydrogen-bond acceptors (Lipinski definition) is 0. The molecule has 0 spiro atoms. The molecule has 0 aliphatic rings. The minimum absolute atomic E-state index is 0. The van der Waals surface area contributed by atoms with Gasteiger partial charge in [0.15, 0.2) is 0 Å². The van der Waals surface area contributed by atoms with Crippen molar-refractivity contribution >= 4 is 61.3 Å². The molecule has 0 N–H and O–H groups in total. The van der Waals surface area contributed by atoms with Crippen molar-refractivity contribution in [1.29, 1.82) is 0 Å². The van der Waals surface area contributed by atoms with Crippen LogP contribution >= 0.6 is 0 Å². The fourth-order valence-corrected chi connectivity index (χ4v) is 0. The normalized spacial score (nSPS) is 0. The molecule has 0 aromatic heterocycles. The molecule has 0 saturated heterocycles. The van der Waals surface area contributed by atoms with Crippen molar-refractivity contribution in [1.82, 2.24) is 0 Å². The molecule has 0 bridgehead atoms. The van der Waals surface area contributed by atoms with Gasteiger partial charge in [0.1, 0.15) is 0 Å². The summed E-state index contributed by atoms with van der Waals surface area (Å²) in [6.07, 6.45) is 0. The van der Waals surface area contributed by atoms with Crippen LogP contribution in [0.5, 0.6) is 0 Å². The molecule has 0 aromatic rings. The van der Waals surface area contributed by atoms with Gasteiger partial charge < -0.3 is 51.2 Å². The van der Waals surface area contributed by atoms with Crippen LogP contribution in [0.2, 0.25) is 0 Å². The van der Waals surface area contributed by atoms with E-state index in [9.17, 15) is 0 Å². The molecule has 0 aliphatic carbocycles. The molecular weight excluding hydrogens is 366 g/mol. The summed E-state index contributed by atoms with van der Waals surface area (Å²) in [7, 11) is 0. The molecule has 0 amide bonds. The summed E-state index contributed by atoms with van der Waals surface area (Å²) in [6, 6.07) is 0. The van der Waals surface area contributed by atoms with E-state index < -0.39 is 0 Å². The van der Waals surface area contributed by atoms with Crippen LogP contribution in [-0.2, 0) is 36.5 Å². The van der Waals surface area contributed by atoms with Crippen molar-refractivity contribution in [3.05, 3.63) is 0 Å². The predicted octanol–water partition coefficient (Wildman–Crippen LogP) is -1.53. The van der Waals surface area contributed by atoms with Gasteiger partial charge in [0.25, 0.3) is 0 Å². The molecule has 0 aromatic carbocycles. The molecule has 0 nitrogen and oxygen atoms in total. The third kappa shape index (κ3) is 28.7. The first kappa shape index (κ1) is 66.7. The average Bonchev–Trinajstić information content (AvgIpc) is 0. The van der Waals surface area contributed by atoms with Gasteiger partial charge in [-0.05, 0) is 0 Å². The van der Waals surface area contributed by atoms with Crippen molar-refractivity contribution < 1.29 is 36.5 Å². The van der Waals surface area contributed by atoms with Crippen LogP contribution in [0.1, 0.15) is 0 Å². The van der Waals surface area contributed by atoms with Crippen molar-refractivity contribution in [2.24, 2.45) is 0 Å². The Bertz CT molecular complexity index is 10.8. The van der Waals surface area contributed by atoms with E-state index in [-0.39, 0.29) is 97.9 Å². The number of hydrogen-bond donors (Lipinski definition) is 0. The van der Waals surface area contributed by atoms with Gasteiger partial charge in [0, 0.05) is 0 Å². The summed E-state index contributed by atoms with van der Waals surface area (Å²) in [5.74, 6) is 0. The van der Waals surface area contributed by atoms with Crippen LogP contribution in [0.15, 0.2) is 0 Å². The Kier molecular flexibility index (Phi) is 501. The van der Waals surface area contributed by atoms with Crippen LogP contribution in [0, 0.1) is 0 Å². The van der Waals surface area contributed by atoms with Gasteiger partial charge in [0.2, 0.25) is 0 Å².